The van der Waals surface area contributed by atoms with Gasteiger partial charge < -0.3 is 5.11 Å². The van der Waals surface area contributed by atoms with E-state index in [1.807, 2.05) is 36.4 Å². The van der Waals surface area contributed by atoms with E-state index in [0.29, 0.717) is 5.56 Å². The summed E-state index contributed by atoms with van der Waals surface area (Å²) in [6.45, 7) is 2.05. The van der Waals surface area contributed by atoms with Gasteiger partial charge in [-0.1, -0.05) is 37.3 Å². The lowest BCUT2D eigenvalue weighted by Crippen LogP contribution is -2.50. The number of aryl methyl sites for hydroxylation is 1. The Morgan fingerprint density at radius 1 is 1.22 bits per heavy atom. The highest BCUT2D eigenvalue weighted by Gasteiger charge is 2.33. The molecule has 118 valence electrons. The Balaban J connectivity index is 2.08. The van der Waals surface area contributed by atoms with Gasteiger partial charge in [-0.3, -0.25) is 20.0 Å². The standard InChI is InChI=1S/C18H18N2O3/c1-2-12-6-5-7-13(10-12)20-16(11-17(21)22)14-8-3-4-9-15(14)18(23)19-20/h3-10,16H,2,11H2,1H3,(H,19,23)(H,21,22). The number of hydrogen-bond acceptors (Lipinski definition) is 3. The molecular weight excluding hydrogens is 292 g/mol. The third-order valence-corrected chi connectivity index (χ3v) is 4.06. The van der Waals surface area contributed by atoms with Crippen LogP contribution in [0.2, 0.25) is 0 Å². The van der Waals surface area contributed by atoms with Crippen LogP contribution in [0.5, 0.6) is 0 Å². The number of benzene rings is 2. The molecule has 1 aliphatic heterocycles. The molecule has 2 aromatic rings. The van der Waals surface area contributed by atoms with Crippen LogP contribution in [-0.4, -0.2) is 17.0 Å². The fourth-order valence-electron chi connectivity index (χ4n) is 2.92. The number of nitrogens with one attached hydrogen (secondary N) is 1. The summed E-state index contributed by atoms with van der Waals surface area (Å²) >= 11 is 0. The van der Waals surface area contributed by atoms with E-state index >= 15 is 0 Å². The Bertz CT molecular complexity index is 757. The van der Waals surface area contributed by atoms with Crippen molar-refractivity contribution in [2.45, 2.75) is 25.8 Å². The first kappa shape index (κ1) is 15.1. The van der Waals surface area contributed by atoms with Crippen molar-refractivity contribution in [1.82, 2.24) is 5.43 Å². The number of carbonyl (C=O) groups is 2. The first-order valence-corrected chi connectivity index (χ1v) is 7.60. The van der Waals surface area contributed by atoms with Crippen LogP contribution in [0.25, 0.3) is 0 Å². The largest absolute Gasteiger partial charge is 0.481 e. The first-order valence-electron chi connectivity index (χ1n) is 7.60. The van der Waals surface area contributed by atoms with E-state index in [4.69, 9.17) is 0 Å². The quantitative estimate of drug-likeness (QED) is 0.911. The maximum Gasteiger partial charge on any atom is 0.305 e. The zero-order chi connectivity index (χ0) is 16.4. The van der Waals surface area contributed by atoms with Gasteiger partial charge in [-0.25, -0.2) is 0 Å². The SMILES string of the molecule is CCc1cccc(N2NC(=O)c3ccccc3C2CC(=O)O)c1. The summed E-state index contributed by atoms with van der Waals surface area (Å²) in [6.07, 6.45) is 0.781. The summed E-state index contributed by atoms with van der Waals surface area (Å²) < 4.78 is 0. The van der Waals surface area contributed by atoms with Crippen LogP contribution in [0.1, 0.15) is 40.9 Å². The normalized spacial score (nSPS) is 16.7. The second-order valence-electron chi connectivity index (χ2n) is 5.54. The first-order chi connectivity index (χ1) is 11.1. The van der Waals surface area contributed by atoms with Gasteiger partial charge in [-0.15, -0.1) is 0 Å². The molecule has 23 heavy (non-hydrogen) atoms. The second kappa shape index (κ2) is 6.12. The summed E-state index contributed by atoms with van der Waals surface area (Å²) in [4.78, 5) is 23.7. The van der Waals surface area contributed by atoms with E-state index < -0.39 is 12.0 Å². The molecule has 0 saturated carbocycles. The summed E-state index contributed by atoms with van der Waals surface area (Å²) in [5.41, 5.74) is 6.01. The van der Waals surface area contributed by atoms with Gasteiger partial charge in [-0.2, -0.15) is 0 Å². The number of amides is 1. The minimum Gasteiger partial charge on any atom is -0.481 e. The van der Waals surface area contributed by atoms with Crippen LogP contribution in [0.3, 0.4) is 0 Å². The average Bonchev–Trinajstić information content (AvgIpc) is 2.57. The number of nitrogens with zero attached hydrogens (tertiary/aromatic N) is 1. The highest BCUT2D eigenvalue weighted by molar-refractivity contribution is 5.98. The Hall–Kier alpha value is -2.82. The molecule has 1 unspecified atom stereocenters. The highest BCUT2D eigenvalue weighted by atomic mass is 16.4. The van der Waals surface area contributed by atoms with Crippen molar-refractivity contribution in [1.29, 1.82) is 0 Å². The average molecular weight is 310 g/mol. The third kappa shape index (κ3) is 2.90. The molecule has 1 amide bonds. The molecule has 3 rings (SSSR count). The molecule has 0 aliphatic carbocycles. The van der Waals surface area contributed by atoms with Crippen molar-refractivity contribution in [3.8, 4) is 0 Å². The number of anilines is 1. The minimum absolute atomic E-state index is 0.0896. The summed E-state index contributed by atoms with van der Waals surface area (Å²) in [5, 5.41) is 10.9. The van der Waals surface area contributed by atoms with Crippen LogP contribution in [0, 0.1) is 0 Å². The van der Waals surface area contributed by atoms with Gasteiger partial charge in [0.2, 0.25) is 0 Å². The van der Waals surface area contributed by atoms with Crippen molar-refractivity contribution in [2.75, 3.05) is 5.01 Å². The van der Waals surface area contributed by atoms with Crippen LogP contribution >= 0.6 is 0 Å². The molecule has 2 aromatic carbocycles. The molecular formula is C18H18N2O3. The molecule has 1 aliphatic rings. The fourth-order valence-corrected chi connectivity index (χ4v) is 2.92. The van der Waals surface area contributed by atoms with Gasteiger partial charge in [0.15, 0.2) is 0 Å². The summed E-state index contributed by atoms with van der Waals surface area (Å²) in [7, 11) is 0. The minimum atomic E-state index is -0.905. The molecule has 1 heterocycles. The molecule has 1 atom stereocenters. The molecule has 5 nitrogen and oxygen atoms in total. The monoisotopic (exact) mass is 310 g/mol. The predicted molar refractivity (Wildman–Crippen MR) is 87.2 cm³/mol. The van der Waals surface area contributed by atoms with Crippen molar-refractivity contribution in [3.63, 3.8) is 0 Å². The van der Waals surface area contributed by atoms with Gasteiger partial charge in [0.1, 0.15) is 0 Å². The molecule has 0 fully saturated rings. The van der Waals surface area contributed by atoms with E-state index in [9.17, 15) is 14.7 Å². The van der Waals surface area contributed by atoms with Gasteiger partial charge in [-0.05, 0) is 35.7 Å². The van der Waals surface area contributed by atoms with E-state index in [2.05, 4.69) is 12.3 Å². The molecule has 2 N–H and O–H groups in total. The molecule has 0 radical (unpaired) electrons. The number of fused-ring (bicyclic) bond motifs is 1. The fraction of sp³-hybridized carbons (Fsp3) is 0.222. The Morgan fingerprint density at radius 3 is 2.74 bits per heavy atom. The van der Waals surface area contributed by atoms with Crippen LogP contribution < -0.4 is 10.4 Å². The number of hydrazine groups is 1. The number of carboxylic acids is 1. The highest BCUT2D eigenvalue weighted by Crippen LogP contribution is 2.34. The van der Waals surface area contributed by atoms with Crippen molar-refractivity contribution < 1.29 is 14.7 Å². The van der Waals surface area contributed by atoms with Crippen molar-refractivity contribution in [2.24, 2.45) is 0 Å². The van der Waals surface area contributed by atoms with Crippen LogP contribution in [0.15, 0.2) is 48.5 Å². The van der Waals surface area contributed by atoms with Crippen molar-refractivity contribution >= 4 is 17.6 Å². The zero-order valence-electron chi connectivity index (χ0n) is 12.8. The number of hydrogen-bond donors (Lipinski definition) is 2. The third-order valence-electron chi connectivity index (χ3n) is 4.06. The van der Waals surface area contributed by atoms with Gasteiger partial charge >= 0.3 is 5.97 Å². The maximum atomic E-state index is 12.4. The van der Waals surface area contributed by atoms with Crippen LogP contribution in [-0.2, 0) is 11.2 Å². The lowest BCUT2D eigenvalue weighted by atomic mass is 9.94. The summed E-state index contributed by atoms with van der Waals surface area (Å²) in [6, 6.07) is 14.5. The number of carbonyl (C=O) groups excluding carboxylic acids is 1. The lowest BCUT2D eigenvalue weighted by Gasteiger charge is -2.38. The lowest BCUT2D eigenvalue weighted by molar-refractivity contribution is -0.137. The van der Waals surface area contributed by atoms with E-state index in [-0.39, 0.29) is 12.3 Å². The van der Waals surface area contributed by atoms with E-state index in [1.165, 1.54) is 0 Å². The van der Waals surface area contributed by atoms with Gasteiger partial charge in [0, 0.05) is 5.56 Å². The molecule has 0 saturated heterocycles. The Kier molecular flexibility index (Phi) is 4.02. The maximum absolute atomic E-state index is 12.4. The van der Waals surface area contributed by atoms with E-state index in [1.54, 1.807) is 17.1 Å². The number of carboxylic acid groups (broad SMARTS) is 1. The number of aliphatic carboxylic acids is 1. The molecule has 5 heteroatoms. The van der Waals surface area contributed by atoms with Gasteiger partial charge in [0.25, 0.3) is 5.91 Å². The van der Waals surface area contributed by atoms with Crippen molar-refractivity contribution in [3.05, 3.63) is 65.2 Å². The second-order valence-corrected chi connectivity index (χ2v) is 5.54. The number of rotatable bonds is 4. The smallest absolute Gasteiger partial charge is 0.305 e. The van der Waals surface area contributed by atoms with Crippen LogP contribution in [0.4, 0.5) is 5.69 Å². The molecule has 0 bridgehead atoms. The molecule has 0 spiro atoms. The van der Waals surface area contributed by atoms with E-state index in [0.717, 1.165) is 23.2 Å². The Labute approximate surface area is 134 Å². The van der Waals surface area contributed by atoms with Gasteiger partial charge in [0.05, 0.1) is 18.2 Å². The predicted octanol–water partition coefficient (Wildman–Crippen LogP) is 2.93. The molecule has 0 aromatic heterocycles. The zero-order valence-corrected chi connectivity index (χ0v) is 12.8. The summed E-state index contributed by atoms with van der Waals surface area (Å²) in [5.74, 6) is -1.12. The Morgan fingerprint density at radius 2 is 2.00 bits per heavy atom. The topological polar surface area (TPSA) is 69.6 Å².